The summed E-state index contributed by atoms with van der Waals surface area (Å²) in [6.07, 6.45) is 3.17. The van der Waals surface area contributed by atoms with Crippen molar-refractivity contribution in [2.45, 2.75) is 31.2 Å². The van der Waals surface area contributed by atoms with Crippen LogP contribution in [0.1, 0.15) is 35.7 Å². The van der Waals surface area contributed by atoms with Gasteiger partial charge < -0.3 is 10.0 Å². The third kappa shape index (κ3) is 5.82. The molecule has 3 aromatic rings. The van der Waals surface area contributed by atoms with Crippen molar-refractivity contribution in [3.63, 3.8) is 0 Å². The number of carboxylic acids is 1. The van der Waals surface area contributed by atoms with E-state index in [1.807, 2.05) is 35.2 Å². The molecule has 162 valence electrons. The van der Waals surface area contributed by atoms with Crippen LogP contribution in [0, 0.1) is 0 Å². The third-order valence-corrected chi connectivity index (χ3v) is 6.10. The first-order valence-corrected chi connectivity index (χ1v) is 11.5. The van der Waals surface area contributed by atoms with E-state index < -0.39 is 16.0 Å². The summed E-state index contributed by atoms with van der Waals surface area (Å²) in [5.74, 6) is -0.856. The predicted octanol–water partition coefficient (Wildman–Crippen LogP) is 4.39. The van der Waals surface area contributed by atoms with Crippen LogP contribution in [0.4, 0.5) is 11.5 Å². The molecule has 0 fully saturated rings. The van der Waals surface area contributed by atoms with E-state index in [0.717, 1.165) is 18.4 Å². The maximum absolute atomic E-state index is 12.6. The predicted molar refractivity (Wildman–Crippen MR) is 121 cm³/mol. The Bertz CT molecular complexity index is 1120. The van der Waals surface area contributed by atoms with Crippen LogP contribution in [0.3, 0.4) is 0 Å². The number of benzene rings is 2. The van der Waals surface area contributed by atoms with Gasteiger partial charge in [0.05, 0.1) is 16.8 Å². The first-order valence-electron chi connectivity index (χ1n) is 10.0. The molecule has 7 nitrogen and oxygen atoms in total. The topological polar surface area (TPSA) is 99.6 Å². The van der Waals surface area contributed by atoms with Gasteiger partial charge in [-0.25, -0.2) is 18.2 Å². The van der Waals surface area contributed by atoms with Gasteiger partial charge in [0.15, 0.2) is 0 Å². The van der Waals surface area contributed by atoms with E-state index in [0.29, 0.717) is 18.9 Å². The van der Waals surface area contributed by atoms with Crippen molar-refractivity contribution in [1.82, 2.24) is 4.98 Å². The lowest BCUT2D eigenvalue weighted by Gasteiger charge is -2.25. The summed E-state index contributed by atoms with van der Waals surface area (Å²) in [4.78, 5) is 18.3. The highest BCUT2D eigenvalue weighted by Gasteiger charge is 2.21. The molecule has 0 spiro atoms. The molecule has 0 aliphatic rings. The molecule has 0 radical (unpaired) electrons. The monoisotopic (exact) mass is 439 g/mol. The Labute approximate surface area is 182 Å². The number of anilines is 2. The molecule has 31 heavy (non-hydrogen) atoms. The summed E-state index contributed by atoms with van der Waals surface area (Å²) in [7, 11) is -3.85. The summed E-state index contributed by atoms with van der Waals surface area (Å²) >= 11 is 0. The summed E-state index contributed by atoms with van der Waals surface area (Å²) in [5, 5.41) is 9.80. The maximum Gasteiger partial charge on any atom is 0.339 e. The van der Waals surface area contributed by atoms with Crippen LogP contribution in [-0.2, 0) is 16.6 Å². The van der Waals surface area contributed by atoms with Crippen LogP contribution in [-0.4, -0.2) is 31.0 Å². The Morgan fingerprint density at radius 3 is 2.32 bits per heavy atom. The number of hydrogen-bond acceptors (Lipinski definition) is 5. The molecule has 8 heteroatoms. The van der Waals surface area contributed by atoms with E-state index in [1.165, 1.54) is 24.4 Å². The highest BCUT2D eigenvalue weighted by atomic mass is 32.2. The molecular weight excluding hydrogens is 414 g/mol. The Balaban J connectivity index is 1.93. The second kappa shape index (κ2) is 10.1. The molecule has 0 amide bonds. The van der Waals surface area contributed by atoms with Crippen LogP contribution in [0.2, 0.25) is 0 Å². The van der Waals surface area contributed by atoms with E-state index in [1.54, 1.807) is 18.2 Å². The quantitative estimate of drug-likeness (QED) is 0.486. The molecule has 2 N–H and O–H groups in total. The first-order chi connectivity index (χ1) is 14.9. The first kappa shape index (κ1) is 22.3. The number of aromatic nitrogens is 1. The molecule has 1 aromatic heterocycles. The zero-order chi connectivity index (χ0) is 22.3. The number of carboxylic acid groups (broad SMARTS) is 1. The van der Waals surface area contributed by atoms with Gasteiger partial charge >= 0.3 is 5.97 Å². The lowest BCUT2D eigenvalue weighted by molar-refractivity contribution is 0.0697. The van der Waals surface area contributed by atoms with Gasteiger partial charge in [0.2, 0.25) is 0 Å². The van der Waals surface area contributed by atoms with Gasteiger partial charge in [-0.1, -0.05) is 61.9 Å². The number of hydrogen-bond donors (Lipinski definition) is 2. The van der Waals surface area contributed by atoms with E-state index in [-0.39, 0.29) is 16.1 Å². The van der Waals surface area contributed by atoms with Gasteiger partial charge in [-0.2, -0.15) is 0 Å². The minimum absolute atomic E-state index is 0.0553. The van der Waals surface area contributed by atoms with E-state index >= 15 is 0 Å². The summed E-state index contributed by atoms with van der Waals surface area (Å²) in [5.41, 5.74) is 1.08. The largest absolute Gasteiger partial charge is 0.478 e. The molecule has 0 saturated heterocycles. The lowest BCUT2D eigenvalue weighted by atomic mass is 10.1. The number of sulfonamides is 1. The van der Waals surface area contributed by atoms with Crippen molar-refractivity contribution in [2.75, 3.05) is 16.2 Å². The van der Waals surface area contributed by atoms with Crippen molar-refractivity contribution in [3.05, 3.63) is 84.1 Å². The molecule has 0 aliphatic heterocycles. The fourth-order valence-electron chi connectivity index (χ4n) is 3.15. The number of pyridine rings is 1. The average molecular weight is 440 g/mol. The number of unbranched alkanes of at least 4 members (excludes halogenated alkanes) is 1. The highest BCUT2D eigenvalue weighted by Crippen LogP contribution is 2.25. The van der Waals surface area contributed by atoms with Crippen LogP contribution < -0.4 is 9.62 Å². The normalized spacial score (nSPS) is 11.1. The molecule has 3 rings (SSSR count). The third-order valence-electron chi connectivity index (χ3n) is 4.70. The van der Waals surface area contributed by atoms with Gasteiger partial charge in [-0.3, -0.25) is 4.72 Å². The molecular formula is C23H25N3O4S. The van der Waals surface area contributed by atoms with E-state index in [9.17, 15) is 18.3 Å². The minimum atomic E-state index is -3.85. The van der Waals surface area contributed by atoms with Gasteiger partial charge in [-0.05, 0) is 30.2 Å². The van der Waals surface area contributed by atoms with Crippen molar-refractivity contribution < 1.29 is 18.3 Å². The number of nitrogens with one attached hydrogen (secondary N) is 1. The fraction of sp³-hybridized carbons (Fsp3) is 0.217. The summed E-state index contributed by atoms with van der Waals surface area (Å²) in [6, 6.07) is 18.9. The average Bonchev–Trinajstić information content (AvgIpc) is 2.77. The van der Waals surface area contributed by atoms with Crippen LogP contribution in [0.25, 0.3) is 0 Å². The molecule has 2 aromatic carbocycles. The smallest absolute Gasteiger partial charge is 0.339 e. The second-order valence-corrected chi connectivity index (χ2v) is 8.76. The Morgan fingerprint density at radius 1 is 1.06 bits per heavy atom. The van der Waals surface area contributed by atoms with Crippen LogP contribution in [0.5, 0.6) is 0 Å². The number of nitrogens with zero attached hydrogens (tertiary/aromatic N) is 2. The van der Waals surface area contributed by atoms with Crippen LogP contribution in [0.15, 0.2) is 77.8 Å². The Morgan fingerprint density at radius 2 is 1.71 bits per heavy atom. The van der Waals surface area contributed by atoms with E-state index in [2.05, 4.69) is 16.6 Å². The van der Waals surface area contributed by atoms with Gasteiger partial charge in [0.25, 0.3) is 10.0 Å². The number of carbonyl (C=O) groups is 1. The second-order valence-electron chi connectivity index (χ2n) is 7.08. The minimum Gasteiger partial charge on any atom is -0.478 e. The van der Waals surface area contributed by atoms with Gasteiger partial charge in [-0.15, -0.1) is 0 Å². The molecule has 0 aliphatic carbocycles. The maximum atomic E-state index is 12.6. The SMILES string of the molecule is CCCCN(Cc1ccccc1)c1ncc(NS(=O)(=O)c2ccccc2)cc1C(=O)O. The zero-order valence-electron chi connectivity index (χ0n) is 17.2. The summed E-state index contributed by atoms with van der Waals surface area (Å²) < 4.78 is 27.6. The van der Waals surface area contributed by atoms with Crippen molar-refractivity contribution >= 4 is 27.5 Å². The number of rotatable bonds is 10. The Hall–Kier alpha value is -3.39. The Kier molecular flexibility index (Phi) is 7.25. The van der Waals surface area contributed by atoms with Crippen molar-refractivity contribution in [1.29, 1.82) is 0 Å². The molecule has 0 saturated carbocycles. The molecule has 0 bridgehead atoms. The highest BCUT2D eigenvalue weighted by molar-refractivity contribution is 7.92. The number of aromatic carboxylic acids is 1. The molecule has 1 heterocycles. The van der Waals surface area contributed by atoms with Crippen molar-refractivity contribution in [3.8, 4) is 0 Å². The molecule has 0 atom stereocenters. The van der Waals surface area contributed by atoms with E-state index in [4.69, 9.17) is 0 Å². The standard InChI is InChI=1S/C23H25N3O4S/c1-2-3-14-26(17-18-10-6-4-7-11-18)22-21(23(27)28)15-19(16-24-22)25-31(29,30)20-12-8-5-9-13-20/h4-13,15-16,25H,2-3,14,17H2,1H3,(H,27,28). The fourth-order valence-corrected chi connectivity index (χ4v) is 4.20. The van der Waals surface area contributed by atoms with Crippen LogP contribution >= 0.6 is 0 Å². The lowest BCUT2D eigenvalue weighted by Crippen LogP contribution is -2.27. The van der Waals surface area contributed by atoms with Gasteiger partial charge in [0.1, 0.15) is 11.4 Å². The van der Waals surface area contributed by atoms with Gasteiger partial charge in [0, 0.05) is 13.1 Å². The summed E-state index contributed by atoms with van der Waals surface area (Å²) in [6.45, 7) is 3.20. The molecule has 0 unspecified atom stereocenters. The zero-order valence-corrected chi connectivity index (χ0v) is 18.0. The van der Waals surface area contributed by atoms with Crippen molar-refractivity contribution in [2.24, 2.45) is 0 Å².